The Morgan fingerprint density at radius 1 is 1.39 bits per heavy atom. The molecule has 2 heterocycles. The highest BCUT2D eigenvalue weighted by Gasteiger charge is 2.23. The minimum atomic E-state index is -0.195. The maximum Gasteiger partial charge on any atom is 0.259 e. The van der Waals surface area contributed by atoms with Crippen molar-refractivity contribution in [2.75, 3.05) is 5.32 Å². The molecule has 0 aliphatic heterocycles. The van der Waals surface area contributed by atoms with Crippen molar-refractivity contribution in [3.8, 4) is 0 Å². The Kier molecular flexibility index (Phi) is 3.02. The van der Waals surface area contributed by atoms with Gasteiger partial charge in [-0.25, -0.2) is 0 Å². The predicted molar refractivity (Wildman–Crippen MR) is 68.7 cm³/mol. The van der Waals surface area contributed by atoms with Crippen molar-refractivity contribution in [2.24, 2.45) is 0 Å². The summed E-state index contributed by atoms with van der Waals surface area (Å²) in [5.74, 6) is 0.353. The van der Waals surface area contributed by atoms with E-state index in [1.807, 2.05) is 0 Å². The molecule has 0 saturated heterocycles. The van der Waals surface area contributed by atoms with Crippen LogP contribution in [-0.2, 0) is 0 Å². The molecule has 18 heavy (non-hydrogen) atoms. The molecular formula is C12H12N4OS. The van der Waals surface area contributed by atoms with Crippen LogP contribution >= 0.6 is 11.3 Å². The summed E-state index contributed by atoms with van der Waals surface area (Å²) in [5, 5.41) is 12.5. The van der Waals surface area contributed by atoms with Crippen molar-refractivity contribution < 1.29 is 4.79 Å². The van der Waals surface area contributed by atoms with Crippen LogP contribution in [0.1, 0.15) is 40.5 Å². The quantitative estimate of drug-likeness (QED) is 0.920. The van der Waals surface area contributed by atoms with E-state index in [2.05, 4.69) is 20.5 Å². The zero-order chi connectivity index (χ0) is 12.4. The first kappa shape index (κ1) is 11.3. The number of anilines is 1. The monoisotopic (exact) mass is 260 g/mol. The van der Waals surface area contributed by atoms with Gasteiger partial charge in [-0.2, -0.15) is 0 Å². The van der Waals surface area contributed by atoms with E-state index < -0.39 is 0 Å². The molecule has 0 spiro atoms. The number of rotatable bonds is 3. The van der Waals surface area contributed by atoms with Crippen molar-refractivity contribution in [1.82, 2.24) is 15.2 Å². The summed E-state index contributed by atoms with van der Waals surface area (Å²) < 4.78 is 0. The van der Waals surface area contributed by atoms with E-state index in [4.69, 9.17) is 0 Å². The number of aromatic nitrogens is 3. The summed E-state index contributed by atoms with van der Waals surface area (Å²) in [6.07, 6.45) is 6.80. The highest BCUT2D eigenvalue weighted by atomic mass is 32.1. The summed E-state index contributed by atoms with van der Waals surface area (Å²) >= 11 is 1.47. The van der Waals surface area contributed by atoms with E-state index >= 15 is 0 Å². The summed E-state index contributed by atoms with van der Waals surface area (Å²) in [5.41, 5.74) is 0.526. The largest absolute Gasteiger partial charge is 0.296 e. The van der Waals surface area contributed by atoms with Crippen molar-refractivity contribution >= 4 is 22.4 Å². The van der Waals surface area contributed by atoms with Crippen molar-refractivity contribution in [2.45, 2.75) is 25.2 Å². The van der Waals surface area contributed by atoms with Gasteiger partial charge in [-0.05, 0) is 25.0 Å². The van der Waals surface area contributed by atoms with Gasteiger partial charge in [0.25, 0.3) is 5.91 Å². The van der Waals surface area contributed by atoms with Gasteiger partial charge in [0.15, 0.2) is 0 Å². The second-order valence-corrected chi connectivity index (χ2v) is 5.28. The van der Waals surface area contributed by atoms with E-state index in [1.165, 1.54) is 36.8 Å². The fourth-order valence-electron chi connectivity index (χ4n) is 1.77. The van der Waals surface area contributed by atoms with Crippen LogP contribution in [-0.4, -0.2) is 21.1 Å². The molecule has 0 aromatic carbocycles. The number of carbonyl (C=O) groups is 1. The van der Waals surface area contributed by atoms with Crippen LogP contribution in [0.5, 0.6) is 0 Å². The first-order chi connectivity index (χ1) is 8.83. The van der Waals surface area contributed by atoms with Gasteiger partial charge >= 0.3 is 0 Å². The fourth-order valence-corrected chi connectivity index (χ4v) is 2.68. The summed E-state index contributed by atoms with van der Waals surface area (Å²) in [7, 11) is 0. The van der Waals surface area contributed by atoms with Crippen molar-refractivity contribution in [3.05, 3.63) is 35.1 Å². The molecule has 0 bridgehead atoms. The lowest BCUT2D eigenvalue weighted by molar-refractivity contribution is 0.102. The Morgan fingerprint density at radius 3 is 2.94 bits per heavy atom. The molecular weight excluding hydrogens is 248 g/mol. The number of hydrogen-bond acceptors (Lipinski definition) is 5. The van der Waals surface area contributed by atoms with Gasteiger partial charge in [-0.3, -0.25) is 15.1 Å². The van der Waals surface area contributed by atoms with Gasteiger partial charge in [-0.1, -0.05) is 17.8 Å². The number of pyridine rings is 1. The normalized spacial score (nSPS) is 15.1. The third-order valence-electron chi connectivity index (χ3n) is 3.04. The lowest BCUT2D eigenvalue weighted by Crippen LogP contribution is -2.11. The van der Waals surface area contributed by atoms with Crippen molar-refractivity contribution in [3.63, 3.8) is 0 Å². The molecule has 5 nitrogen and oxygen atoms in total. The first-order valence-corrected chi connectivity index (χ1v) is 6.69. The molecule has 1 saturated carbocycles. The Balaban J connectivity index is 1.69. The maximum atomic E-state index is 11.9. The number of nitrogens with zero attached hydrogens (tertiary/aromatic N) is 3. The minimum absolute atomic E-state index is 0.195. The maximum absolute atomic E-state index is 11.9. The van der Waals surface area contributed by atoms with E-state index in [-0.39, 0.29) is 5.91 Å². The van der Waals surface area contributed by atoms with Crippen LogP contribution in [0.4, 0.5) is 5.13 Å². The van der Waals surface area contributed by atoms with Gasteiger partial charge in [0.05, 0.1) is 5.56 Å². The third-order valence-corrected chi connectivity index (χ3v) is 4.04. The van der Waals surface area contributed by atoms with Crippen LogP contribution in [0, 0.1) is 0 Å². The van der Waals surface area contributed by atoms with E-state index in [0.29, 0.717) is 16.6 Å². The molecule has 3 rings (SSSR count). The molecule has 2 aromatic rings. The molecule has 6 heteroatoms. The fraction of sp³-hybridized carbons (Fsp3) is 0.333. The molecule has 0 radical (unpaired) electrons. The van der Waals surface area contributed by atoms with Crippen LogP contribution in [0.3, 0.4) is 0 Å². The van der Waals surface area contributed by atoms with E-state index in [9.17, 15) is 4.79 Å². The lowest BCUT2D eigenvalue weighted by atomic mass is 9.86. The van der Waals surface area contributed by atoms with E-state index in [1.54, 1.807) is 18.3 Å². The number of carbonyl (C=O) groups excluding carboxylic acids is 1. The summed E-state index contributed by atoms with van der Waals surface area (Å²) in [6, 6.07) is 3.45. The summed E-state index contributed by atoms with van der Waals surface area (Å²) in [4.78, 5) is 15.8. The molecule has 0 unspecified atom stereocenters. The predicted octanol–water partition coefficient (Wildman–Crippen LogP) is 2.45. The van der Waals surface area contributed by atoms with Crippen LogP contribution in [0.2, 0.25) is 0 Å². The number of amides is 1. The number of hydrogen-bond donors (Lipinski definition) is 1. The van der Waals surface area contributed by atoms with Gasteiger partial charge < -0.3 is 0 Å². The Labute approximate surface area is 108 Å². The average molecular weight is 260 g/mol. The second-order valence-electron chi connectivity index (χ2n) is 4.27. The van der Waals surface area contributed by atoms with E-state index in [0.717, 1.165) is 5.01 Å². The van der Waals surface area contributed by atoms with Gasteiger partial charge in [0.2, 0.25) is 5.13 Å². The highest BCUT2D eigenvalue weighted by molar-refractivity contribution is 7.15. The Bertz CT molecular complexity index is 550. The Morgan fingerprint density at radius 2 is 2.28 bits per heavy atom. The zero-order valence-corrected chi connectivity index (χ0v) is 10.5. The molecule has 92 valence electrons. The topological polar surface area (TPSA) is 67.8 Å². The molecule has 1 fully saturated rings. The molecule has 1 aliphatic carbocycles. The SMILES string of the molecule is O=C(Nc1nnc(C2CCC2)s1)c1cccnc1. The van der Waals surface area contributed by atoms with Gasteiger partial charge in [0, 0.05) is 18.3 Å². The van der Waals surface area contributed by atoms with Gasteiger partial charge in [-0.15, -0.1) is 10.2 Å². The smallest absolute Gasteiger partial charge is 0.259 e. The molecule has 1 amide bonds. The minimum Gasteiger partial charge on any atom is -0.296 e. The molecule has 0 atom stereocenters. The summed E-state index contributed by atoms with van der Waals surface area (Å²) in [6.45, 7) is 0. The van der Waals surface area contributed by atoms with Crippen LogP contribution in [0.25, 0.3) is 0 Å². The molecule has 1 aliphatic rings. The van der Waals surface area contributed by atoms with Crippen LogP contribution < -0.4 is 5.32 Å². The standard InChI is InChI=1S/C12H12N4OS/c17-10(9-5-2-6-13-7-9)14-12-16-15-11(18-12)8-3-1-4-8/h2,5-8H,1,3-4H2,(H,14,16,17). The Hall–Kier alpha value is -1.82. The zero-order valence-electron chi connectivity index (χ0n) is 9.67. The number of nitrogens with one attached hydrogen (secondary N) is 1. The van der Waals surface area contributed by atoms with Gasteiger partial charge in [0.1, 0.15) is 5.01 Å². The lowest BCUT2D eigenvalue weighted by Gasteiger charge is -2.21. The molecule has 1 N–H and O–H groups in total. The average Bonchev–Trinajstić information content (AvgIpc) is 2.76. The second kappa shape index (κ2) is 4.81. The highest BCUT2D eigenvalue weighted by Crippen LogP contribution is 2.38. The first-order valence-electron chi connectivity index (χ1n) is 5.88. The third kappa shape index (κ3) is 2.24. The van der Waals surface area contributed by atoms with Crippen LogP contribution in [0.15, 0.2) is 24.5 Å². The molecule has 2 aromatic heterocycles. The van der Waals surface area contributed by atoms with Crippen molar-refractivity contribution in [1.29, 1.82) is 0 Å².